The van der Waals surface area contributed by atoms with Crippen molar-refractivity contribution < 1.29 is 19.0 Å². The van der Waals surface area contributed by atoms with Crippen LogP contribution in [0.1, 0.15) is 36.0 Å². The van der Waals surface area contributed by atoms with Crippen LogP contribution in [0, 0.1) is 5.92 Å². The number of fused-ring (bicyclic) bond motifs is 1. The number of carbonyl (C=O) groups is 1. The van der Waals surface area contributed by atoms with Crippen molar-refractivity contribution in [3.05, 3.63) is 82.4 Å². The van der Waals surface area contributed by atoms with Gasteiger partial charge in [0.05, 0.1) is 21.3 Å². The summed E-state index contributed by atoms with van der Waals surface area (Å²) in [5.74, 6) is 2.74. The van der Waals surface area contributed by atoms with E-state index in [9.17, 15) is 4.79 Å². The summed E-state index contributed by atoms with van der Waals surface area (Å²) in [4.78, 5) is 18.1. The largest absolute Gasteiger partial charge is 0.497 e. The number of amides is 1. The highest BCUT2D eigenvalue weighted by Crippen LogP contribution is 2.36. The Balaban J connectivity index is 1.28. The molecule has 5 rings (SSSR count). The smallest absolute Gasteiger partial charge is 0.224 e. The first-order chi connectivity index (χ1) is 19.9. The molecule has 2 heterocycles. The summed E-state index contributed by atoms with van der Waals surface area (Å²) in [5.41, 5.74) is 4.63. The predicted octanol–water partition coefficient (Wildman–Crippen LogP) is 6.03. The van der Waals surface area contributed by atoms with Crippen molar-refractivity contribution in [1.82, 2.24) is 9.80 Å². The highest BCUT2D eigenvalue weighted by Gasteiger charge is 2.35. The zero-order valence-electron chi connectivity index (χ0n) is 24.2. The van der Waals surface area contributed by atoms with E-state index in [1.165, 1.54) is 16.7 Å². The number of nitrogens with one attached hydrogen (secondary N) is 1. The molecule has 3 aromatic rings. The second-order valence-corrected chi connectivity index (χ2v) is 11.4. The molecule has 3 aromatic carbocycles. The Morgan fingerprint density at radius 1 is 0.951 bits per heavy atom. The third kappa shape index (κ3) is 7.34. The zero-order chi connectivity index (χ0) is 28.8. The number of ether oxygens (including phenoxy) is 3. The van der Waals surface area contributed by atoms with Crippen molar-refractivity contribution in [1.29, 1.82) is 0 Å². The lowest BCUT2D eigenvalue weighted by Gasteiger charge is -2.45. The molecule has 41 heavy (non-hydrogen) atoms. The van der Waals surface area contributed by atoms with Crippen LogP contribution in [0.3, 0.4) is 0 Å². The lowest BCUT2D eigenvalue weighted by Crippen LogP contribution is -2.52. The second-order valence-electron chi connectivity index (χ2n) is 11.0. The van der Waals surface area contributed by atoms with E-state index >= 15 is 0 Å². The maximum absolute atomic E-state index is 13.0. The summed E-state index contributed by atoms with van der Waals surface area (Å²) in [5, 5.41) is 3.83. The Morgan fingerprint density at radius 3 is 2.41 bits per heavy atom. The first kappa shape index (κ1) is 29.2. The number of likely N-dealkylation sites (tertiary alicyclic amines) is 1. The summed E-state index contributed by atoms with van der Waals surface area (Å²) in [6.45, 7) is 4.70. The van der Waals surface area contributed by atoms with Gasteiger partial charge in [0.15, 0.2) is 11.5 Å². The average Bonchev–Trinajstić information content (AvgIpc) is 2.99. The Morgan fingerprint density at radius 2 is 1.71 bits per heavy atom. The van der Waals surface area contributed by atoms with Crippen molar-refractivity contribution in [3.63, 3.8) is 0 Å². The molecule has 2 aliphatic rings. The minimum Gasteiger partial charge on any atom is -0.497 e. The summed E-state index contributed by atoms with van der Waals surface area (Å²) in [6.07, 6.45) is 3.35. The highest BCUT2D eigenvalue weighted by atomic mass is 35.5. The Kier molecular flexibility index (Phi) is 9.70. The van der Waals surface area contributed by atoms with Crippen LogP contribution in [0.25, 0.3) is 0 Å². The number of carbonyl (C=O) groups excluding carboxylic acids is 1. The Labute approximate surface area is 248 Å². The fourth-order valence-electron chi connectivity index (χ4n) is 6.30. The number of anilines is 1. The topological polar surface area (TPSA) is 63.3 Å². The van der Waals surface area contributed by atoms with E-state index < -0.39 is 0 Å². The number of nitrogens with zero attached hydrogens (tertiary/aromatic N) is 2. The van der Waals surface area contributed by atoms with Gasteiger partial charge in [-0.1, -0.05) is 23.7 Å². The first-order valence-electron chi connectivity index (χ1n) is 14.3. The predicted molar refractivity (Wildman–Crippen MR) is 163 cm³/mol. The molecule has 0 unspecified atom stereocenters. The fourth-order valence-corrected chi connectivity index (χ4v) is 6.51. The molecule has 0 radical (unpaired) electrons. The molecular formula is C33H40ClN3O4. The van der Waals surface area contributed by atoms with Crippen LogP contribution in [-0.4, -0.2) is 62.7 Å². The molecule has 0 spiro atoms. The monoisotopic (exact) mass is 577 g/mol. The SMILES string of the molecule is COc1ccc(NC(=O)CC[C@H]2CN(Cc3cccc(Cl)c3)CC[C@H]2N2CCc3cc(OC)c(OC)cc3C2)cc1. The minimum atomic E-state index is 0.0432. The van der Waals surface area contributed by atoms with Gasteiger partial charge in [0, 0.05) is 49.4 Å². The van der Waals surface area contributed by atoms with Gasteiger partial charge in [-0.25, -0.2) is 0 Å². The summed E-state index contributed by atoms with van der Waals surface area (Å²) < 4.78 is 16.4. The van der Waals surface area contributed by atoms with Gasteiger partial charge in [0.25, 0.3) is 0 Å². The average molecular weight is 578 g/mol. The molecule has 7 nitrogen and oxygen atoms in total. The fraction of sp³-hybridized carbons (Fsp3) is 0.424. The van der Waals surface area contributed by atoms with Crippen LogP contribution < -0.4 is 19.5 Å². The number of rotatable bonds is 10. The first-order valence-corrected chi connectivity index (χ1v) is 14.7. The number of methoxy groups -OCH3 is 3. The summed E-state index contributed by atoms with van der Waals surface area (Å²) in [7, 11) is 5.01. The standard InChI is InChI=1S/C33H40ClN3O4/c1-39-29-10-8-28(9-11-29)35-33(38)12-7-25-21-36(20-23-5-4-6-27(34)17-23)15-14-30(25)37-16-13-24-18-31(40-2)32(41-3)19-26(24)22-37/h4-6,8-11,17-19,25,30H,7,12-16,20-22H2,1-3H3,(H,35,38)/t25-,30+/m0/s1. The van der Waals surface area contributed by atoms with Crippen LogP contribution in [-0.2, 0) is 24.3 Å². The van der Waals surface area contributed by atoms with Crippen molar-refractivity contribution in [3.8, 4) is 17.2 Å². The Hall–Kier alpha value is -3.26. The number of hydrogen-bond acceptors (Lipinski definition) is 6. The maximum atomic E-state index is 13.0. The lowest BCUT2D eigenvalue weighted by atomic mass is 9.85. The third-order valence-electron chi connectivity index (χ3n) is 8.41. The van der Waals surface area contributed by atoms with Crippen LogP contribution in [0.2, 0.25) is 5.02 Å². The number of halogens is 1. The van der Waals surface area contributed by atoms with Gasteiger partial charge in [-0.3, -0.25) is 14.6 Å². The number of benzene rings is 3. The van der Waals surface area contributed by atoms with Gasteiger partial charge >= 0.3 is 0 Å². The summed E-state index contributed by atoms with van der Waals surface area (Å²) in [6, 6.07) is 20.3. The lowest BCUT2D eigenvalue weighted by molar-refractivity contribution is -0.116. The second kappa shape index (κ2) is 13.6. The molecule has 1 amide bonds. The van der Waals surface area contributed by atoms with Gasteiger partial charge in [-0.05, 0) is 96.9 Å². The third-order valence-corrected chi connectivity index (χ3v) is 8.64. The van der Waals surface area contributed by atoms with Crippen molar-refractivity contribution in [2.24, 2.45) is 5.92 Å². The highest BCUT2D eigenvalue weighted by molar-refractivity contribution is 6.30. The van der Waals surface area contributed by atoms with Crippen LogP contribution >= 0.6 is 11.6 Å². The van der Waals surface area contributed by atoms with E-state index in [1.807, 2.05) is 42.5 Å². The Bertz CT molecular complexity index is 1330. The zero-order valence-corrected chi connectivity index (χ0v) is 25.0. The van der Waals surface area contributed by atoms with Crippen LogP contribution in [0.5, 0.6) is 17.2 Å². The van der Waals surface area contributed by atoms with E-state index in [0.29, 0.717) is 18.4 Å². The van der Waals surface area contributed by atoms with E-state index in [-0.39, 0.29) is 5.91 Å². The van der Waals surface area contributed by atoms with E-state index in [4.69, 9.17) is 25.8 Å². The van der Waals surface area contributed by atoms with Gasteiger partial charge in [0.1, 0.15) is 5.75 Å². The quantitative estimate of drug-likeness (QED) is 0.317. The molecule has 1 N–H and O–H groups in total. The molecule has 2 atom stereocenters. The normalized spacial score (nSPS) is 19.3. The molecule has 0 bridgehead atoms. The molecular weight excluding hydrogens is 538 g/mol. The van der Waals surface area contributed by atoms with Gasteiger partial charge in [0.2, 0.25) is 5.91 Å². The maximum Gasteiger partial charge on any atom is 0.224 e. The minimum absolute atomic E-state index is 0.0432. The molecule has 0 saturated carbocycles. The number of hydrogen-bond donors (Lipinski definition) is 1. The van der Waals surface area contributed by atoms with Gasteiger partial charge in [-0.15, -0.1) is 0 Å². The molecule has 218 valence electrons. The molecule has 2 aliphatic heterocycles. The van der Waals surface area contributed by atoms with E-state index in [0.717, 1.165) is 79.9 Å². The van der Waals surface area contributed by atoms with Crippen molar-refractivity contribution in [2.45, 2.75) is 44.8 Å². The molecule has 0 aromatic heterocycles. The van der Waals surface area contributed by atoms with E-state index in [2.05, 4.69) is 33.3 Å². The van der Waals surface area contributed by atoms with Crippen molar-refractivity contribution >= 4 is 23.2 Å². The molecule has 1 fully saturated rings. The van der Waals surface area contributed by atoms with Crippen LogP contribution in [0.4, 0.5) is 5.69 Å². The van der Waals surface area contributed by atoms with Crippen molar-refractivity contribution in [2.75, 3.05) is 46.3 Å². The molecule has 8 heteroatoms. The van der Waals surface area contributed by atoms with Crippen LogP contribution in [0.15, 0.2) is 60.7 Å². The number of piperidine rings is 1. The van der Waals surface area contributed by atoms with Gasteiger partial charge < -0.3 is 19.5 Å². The molecule has 1 saturated heterocycles. The van der Waals surface area contributed by atoms with Gasteiger partial charge in [-0.2, -0.15) is 0 Å². The van der Waals surface area contributed by atoms with E-state index in [1.54, 1.807) is 21.3 Å². The molecule has 0 aliphatic carbocycles. The summed E-state index contributed by atoms with van der Waals surface area (Å²) >= 11 is 6.27.